The Labute approximate surface area is 412 Å². The fraction of sp³-hybridized carbons (Fsp3) is 0.585. The summed E-state index contributed by atoms with van der Waals surface area (Å²) in [6, 6.07) is 7.68. The third-order valence-electron chi connectivity index (χ3n) is 14.8. The van der Waals surface area contributed by atoms with Gasteiger partial charge in [-0.25, -0.2) is 10.2 Å². The number of esters is 1. The van der Waals surface area contributed by atoms with Gasteiger partial charge in [0.05, 0.1) is 43.7 Å². The number of nitrogens with one attached hydrogen (secondary N) is 2. The van der Waals surface area contributed by atoms with E-state index in [9.17, 15) is 24.0 Å². The van der Waals surface area contributed by atoms with Gasteiger partial charge in [0.1, 0.15) is 23.7 Å². The van der Waals surface area contributed by atoms with E-state index in [1.807, 2.05) is 26.8 Å². The summed E-state index contributed by atoms with van der Waals surface area (Å²) in [5.41, 5.74) is 9.33. The standard InChI is InChI=1S/C53H73N9O8/c1-10-44(63)59-23-15-25-70-53(30-59)31-60(32-53)51(67)57(8)46(34(3)4)48(64)55-42-29-58-22-13-16-37(28-58)36-19-20-43-39(26-36)40(47(61(43)11-2)38-17-12-21-54-45(38)35(5)68-9)27-52(6,7)33-69-50(66)41-18-14-24-62(56-41)49(42)65/h10,12,16-17,19-21,26,34-35,41-42,46,56H,1,11,13-15,18,22-25,27-33H2,2-9H3,(H,55,64)/t35-,41-,42-,46-/m0/s1. The number of pyridine rings is 1. The molecule has 2 N–H and O–H groups in total. The molecule has 1 unspecified atom stereocenters. The molecule has 0 saturated carbocycles. The number of benzene rings is 1. The van der Waals surface area contributed by atoms with E-state index in [0.29, 0.717) is 71.6 Å². The number of cyclic esters (lactones) is 1. The number of hydrogen-bond acceptors (Lipinski definition) is 11. The van der Waals surface area contributed by atoms with Gasteiger partial charge in [0.2, 0.25) is 11.8 Å². The highest BCUT2D eigenvalue weighted by Gasteiger charge is 2.50. The van der Waals surface area contributed by atoms with E-state index >= 15 is 0 Å². The molecule has 3 fully saturated rings. The Morgan fingerprint density at radius 3 is 2.57 bits per heavy atom. The van der Waals surface area contributed by atoms with Crippen LogP contribution in [0.3, 0.4) is 0 Å². The summed E-state index contributed by atoms with van der Waals surface area (Å²) in [5, 5.41) is 5.68. The lowest BCUT2D eigenvalue weighted by molar-refractivity contribution is -0.155. The molecule has 17 heteroatoms. The lowest BCUT2D eigenvalue weighted by Crippen LogP contribution is -2.71. The summed E-state index contributed by atoms with van der Waals surface area (Å²) in [4.78, 5) is 82.0. The first-order valence-electron chi connectivity index (χ1n) is 25.1. The van der Waals surface area contributed by atoms with Gasteiger partial charge in [0.25, 0.3) is 5.91 Å². The maximum atomic E-state index is 14.8. The lowest BCUT2D eigenvalue weighted by Gasteiger charge is -2.51. The van der Waals surface area contributed by atoms with Crippen molar-refractivity contribution >= 4 is 46.2 Å². The van der Waals surface area contributed by atoms with Gasteiger partial charge in [-0.05, 0) is 98.9 Å². The highest BCUT2D eigenvalue weighted by molar-refractivity contribution is 5.95. The molecule has 8 rings (SSSR count). The number of urea groups is 1. The van der Waals surface area contributed by atoms with Gasteiger partial charge in [0.15, 0.2) is 0 Å². The summed E-state index contributed by atoms with van der Waals surface area (Å²) in [6.45, 7) is 20.3. The van der Waals surface area contributed by atoms with Crippen molar-refractivity contribution in [1.29, 1.82) is 0 Å². The van der Waals surface area contributed by atoms with Crippen molar-refractivity contribution in [3.05, 3.63) is 72.1 Å². The first-order valence-corrected chi connectivity index (χ1v) is 25.1. The molecule has 1 aromatic carbocycles. The van der Waals surface area contributed by atoms with Gasteiger partial charge >= 0.3 is 12.0 Å². The number of hydrogen-bond donors (Lipinski definition) is 2. The number of hydrazine groups is 1. The monoisotopic (exact) mass is 964 g/mol. The molecule has 2 aromatic heterocycles. The van der Waals surface area contributed by atoms with E-state index in [-0.39, 0.29) is 56.1 Å². The highest BCUT2D eigenvalue weighted by atomic mass is 16.5. The molecule has 3 saturated heterocycles. The number of fused-ring (bicyclic) bond motifs is 6. The van der Waals surface area contributed by atoms with Crippen LogP contribution in [-0.2, 0) is 46.4 Å². The van der Waals surface area contributed by atoms with Crippen molar-refractivity contribution in [2.45, 2.75) is 110 Å². The van der Waals surface area contributed by atoms with Gasteiger partial charge in [-0.15, -0.1) is 0 Å². The van der Waals surface area contributed by atoms with Crippen LogP contribution in [0.4, 0.5) is 4.79 Å². The van der Waals surface area contributed by atoms with E-state index in [2.05, 4.69) is 77.9 Å². The van der Waals surface area contributed by atoms with Crippen LogP contribution in [0.5, 0.6) is 0 Å². The first kappa shape index (κ1) is 50.8. The van der Waals surface area contributed by atoms with Crippen LogP contribution in [-0.4, -0.2) is 167 Å². The third-order valence-corrected chi connectivity index (χ3v) is 14.8. The average Bonchev–Trinajstić information content (AvgIpc) is 3.46. The Morgan fingerprint density at radius 1 is 1.07 bits per heavy atom. The van der Waals surface area contributed by atoms with Gasteiger partial charge < -0.3 is 38.8 Å². The Balaban J connectivity index is 1.10. The summed E-state index contributed by atoms with van der Waals surface area (Å²) >= 11 is 0. The van der Waals surface area contributed by atoms with Gasteiger partial charge in [-0.2, -0.15) is 0 Å². The van der Waals surface area contributed by atoms with Crippen LogP contribution in [0.15, 0.2) is 55.3 Å². The number of methoxy groups -OCH3 is 1. The van der Waals surface area contributed by atoms with Crippen LogP contribution in [0.1, 0.15) is 90.2 Å². The van der Waals surface area contributed by atoms with Crippen LogP contribution >= 0.6 is 0 Å². The SMILES string of the molecule is C=CC(=O)N1CCCOC2(C1)CN(C(=O)N(C)[C@H](C(=O)N[C@H]1CN3CCC=C(C3)c3ccc4c(c3)c(c(-c3cccnc3[C@H](C)OC)n4CC)CC(C)(C)COC(=O)[C@@H]3CCCN(N3)C1=O)C(C)C)C2. The fourth-order valence-electron chi connectivity index (χ4n) is 11.1. The van der Waals surface area contributed by atoms with E-state index in [1.165, 1.54) is 16.0 Å². The number of ether oxygens (including phenoxy) is 3. The van der Waals surface area contributed by atoms with Crippen molar-refractivity contribution in [2.24, 2.45) is 11.3 Å². The van der Waals surface area contributed by atoms with Crippen molar-refractivity contribution in [3.8, 4) is 11.3 Å². The van der Waals surface area contributed by atoms with Crippen LogP contribution < -0.4 is 10.7 Å². The molecule has 17 nitrogen and oxygen atoms in total. The Hall–Kier alpha value is -5.62. The minimum atomic E-state index is -1.02. The molecular weight excluding hydrogens is 891 g/mol. The van der Waals surface area contributed by atoms with E-state index in [4.69, 9.17) is 19.2 Å². The largest absolute Gasteiger partial charge is 0.464 e. The summed E-state index contributed by atoms with van der Waals surface area (Å²) in [5.74, 6) is -1.75. The minimum absolute atomic E-state index is 0.144. The first-order chi connectivity index (χ1) is 33.5. The maximum absolute atomic E-state index is 14.8. The molecule has 5 aliphatic heterocycles. The highest BCUT2D eigenvalue weighted by Crippen LogP contribution is 2.42. The molecule has 70 heavy (non-hydrogen) atoms. The molecule has 6 bridgehead atoms. The third kappa shape index (κ3) is 10.4. The van der Waals surface area contributed by atoms with Crippen molar-refractivity contribution < 1.29 is 38.2 Å². The van der Waals surface area contributed by atoms with Crippen molar-refractivity contribution in [1.82, 2.24) is 44.9 Å². The molecule has 378 valence electrons. The zero-order chi connectivity index (χ0) is 50.1. The zero-order valence-electron chi connectivity index (χ0n) is 42.4. The quantitative estimate of drug-likeness (QED) is 0.214. The molecule has 5 atom stereocenters. The fourth-order valence-corrected chi connectivity index (χ4v) is 11.1. The summed E-state index contributed by atoms with van der Waals surface area (Å²) in [6.07, 6.45) is 8.19. The number of likely N-dealkylation sites (N-methyl/N-ethyl adjacent to an activating group) is 1. The van der Waals surface area contributed by atoms with Gasteiger partial charge in [-0.3, -0.25) is 34.1 Å². The Kier molecular flexibility index (Phi) is 15.2. The lowest BCUT2D eigenvalue weighted by atomic mass is 9.84. The number of amides is 5. The minimum Gasteiger partial charge on any atom is -0.464 e. The van der Waals surface area contributed by atoms with Crippen LogP contribution in [0.2, 0.25) is 0 Å². The van der Waals surface area contributed by atoms with Gasteiger partial charge in [-0.1, -0.05) is 46.4 Å². The number of carbonyl (C=O) groups excluding carboxylic acids is 5. The Morgan fingerprint density at radius 2 is 1.84 bits per heavy atom. The maximum Gasteiger partial charge on any atom is 0.324 e. The summed E-state index contributed by atoms with van der Waals surface area (Å²) in [7, 11) is 3.31. The molecule has 3 aromatic rings. The van der Waals surface area contributed by atoms with E-state index in [0.717, 1.165) is 51.0 Å². The van der Waals surface area contributed by atoms with E-state index in [1.54, 1.807) is 30.2 Å². The molecular formula is C53H73N9O8. The molecule has 1 spiro atoms. The van der Waals surface area contributed by atoms with Crippen molar-refractivity contribution in [3.63, 3.8) is 0 Å². The van der Waals surface area contributed by atoms with Gasteiger partial charge in [0, 0.05) is 88.1 Å². The number of rotatable bonds is 9. The smallest absolute Gasteiger partial charge is 0.324 e. The normalized spacial score (nSPS) is 23.6. The molecule has 5 aliphatic rings. The van der Waals surface area contributed by atoms with Crippen LogP contribution in [0.25, 0.3) is 27.7 Å². The predicted octanol–water partition coefficient (Wildman–Crippen LogP) is 5.19. The second kappa shape index (κ2) is 21.0. The van der Waals surface area contributed by atoms with Crippen molar-refractivity contribution in [2.75, 3.05) is 79.7 Å². The van der Waals surface area contributed by atoms with Crippen LogP contribution in [0, 0.1) is 11.3 Å². The summed E-state index contributed by atoms with van der Waals surface area (Å²) < 4.78 is 20.6. The zero-order valence-corrected chi connectivity index (χ0v) is 42.4. The average molecular weight is 964 g/mol. The number of carbonyl (C=O) groups is 5. The molecule has 7 heterocycles. The molecule has 0 aliphatic carbocycles. The molecule has 5 amide bonds. The number of nitrogens with zero attached hydrogens (tertiary/aromatic N) is 7. The second-order valence-corrected chi connectivity index (χ2v) is 21.0. The molecule has 0 radical (unpaired) electrons. The second-order valence-electron chi connectivity index (χ2n) is 21.0. The topological polar surface area (TPSA) is 171 Å². The number of aromatic nitrogens is 2. The number of aryl methyl sites for hydroxylation is 1. The Bertz CT molecular complexity index is 2510. The van der Waals surface area contributed by atoms with E-state index < -0.39 is 41.0 Å². The predicted molar refractivity (Wildman–Crippen MR) is 267 cm³/mol. The number of likely N-dealkylation sites (tertiary alicyclic amines) is 1.